The molecule has 1 aliphatic carbocycles. The minimum atomic E-state index is -3.62. The summed E-state index contributed by atoms with van der Waals surface area (Å²) < 4.78 is 20.7. The predicted octanol–water partition coefficient (Wildman–Crippen LogP) is 1.32. The summed E-state index contributed by atoms with van der Waals surface area (Å²) in [6, 6.07) is 0. The van der Waals surface area contributed by atoms with E-state index in [1.54, 1.807) is 0 Å². The Morgan fingerprint density at radius 3 is 2.31 bits per heavy atom. The molecule has 0 bridgehead atoms. The Morgan fingerprint density at radius 2 is 2.00 bits per heavy atom. The lowest BCUT2D eigenvalue weighted by Gasteiger charge is -2.24. The quantitative estimate of drug-likeness (QED) is 0.762. The number of halogens is 2. The van der Waals surface area contributed by atoms with Crippen molar-refractivity contribution in [3.63, 3.8) is 0 Å². The van der Waals surface area contributed by atoms with Crippen molar-refractivity contribution in [2.24, 2.45) is 5.92 Å². The van der Waals surface area contributed by atoms with Crippen molar-refractivity contribution < 1.29 is 13.5 Å². The third kappa shape index (κ3) is 2.12. The van der Waals surface area contributed by atoms with Gasteiger partial charge in [0.1, 0.15) is 6.10 Å². The molecule has 13 heavy (non-hydrogen) atoms. The van der Waals surface area contributed by atoms with Gasteiger partial charge in [0.2, 0.25) is 3.67 Å². The highest BCUT2D eigenvalue weighted by Gasteiger charge is 2.51. The van der Waals surface area contributed by atoms with Gasteiger partial charge >= 0.3 is 0 Å². The van der Waals surface area contributed by atoms with Gasteiger partial charge in [-0.25, -0.2) is 8.42 Å². The Bertz CT molecular complexity index is 282. The van der Waals surface area contributed by atoms with Gasteiger partial charge < -0.3 is 5.11 Å². The first-order valence-corrected chi connectivity index (χ1v) is 6.52. The minimum Gasteiger partial charge on any atom is -0.389 e. The van der Waals surface area contributed by atoms with E-state index in [9.17, 15) is 13.5 Å². The van der Waals surface area contributed by atoms with Crippen molar-refractivity contribution in [3.8, 4) is 0 Å². The molecule has 1 fully saturated rings. The molecule has 1 N–H and O–H groups in total. The molecule has 0 heterocycles. The highest BCUT2D eigenvalue weighted by molar-refractivity contribution is 7.95. The van der Waals surface area contributed by atoms with Crippen molar-refractivity contribution in [1.82, 2.24) is 0 Å². The number of aliphatic hydroxyl groups excluding tert-OH is 1. The maximum absolute atomic E-state index is 11.4. The van der Waals surface area contributed by atoms with Gasteiger partial charge in [-0.2, -0.15) is 0 Å². The molecule has 0 aromatic rings. The predicted molar refractivity (Wildman–Crippen MR) is 52.6 cm³/mol. The van der Waals surface area contributed by atoms with E-state index in [4.69, 9.17) is 23.2 Å². The molecule has 78 valence electrons. The van der Waals surface area contributed by atoms with E-state index in [1.807, 2.05) is 0 Å². The van der Waals surface area contributed by atoms with Crippen molar-refractivity contribution in [1.29, 1.82) is 0 Å². The van der Waals surface area contributed by atoms with E-state index in [0.29, 0.717) is 0 Å². The molecule has 0 aromatic carbocycles. The Hall–Kier alpha value is 0.490. The van der Waals surface area contributed by atoms with Gasteiger partial charge in [-0.3, -0.25) is 0 Å². The van der Waals surface area contributed by atoms with Gasteiger partial charge in [0.25, 0.3) is 0 Å². The van der Waals surface area contributed by atoms with Crippen LogP contribution in [0.25, 0.3) is 0 Å². The summed E-state index contributed by atoms with van der Waals surface area (Å²) >= 11 is 11.3. The maximum atomic E-state index is 11.4. The summed E-state index contributed by atoms with van der Waals surface area (Å²) in [6.07, 6.45) is 0.421. The zero-order valence-corrected chi connectivity index (χ0v) is 9.53. The topological polar surface area (TPSA) is 54.4 Å². The Balaban J connectivity index is 2.85. The highest BCUT2D eigenvalue weighted by atomic mass is 35.5. The van der Waals surface area contributed by atoms with E-state index in [2.05, 4.69) is 0 Å². The second kappa shape index (κ2) is 3.57. The first kappa shape index (κ1) is 11.6. The number of alkyl halides is 2. The average Bonchev–Trinajstić information content (AvgIpc) is 2.85. The number of sulfone groups is 1. The molecule has 0 radical (unpaired) electrons. The molecule has 0 aromatic heterocycles. The second-order valence-electron chi connectivity index (χ2n) is 3.25. The van der Waals surface area contributed by atoms with Crippen LogP contribution < -0.4 is 0 Å². The lowest BCUT2D eigenvalue weighted by atomic mass is 10.3. The summed E-state index contributed by atoms with van der Waals surface area (Å²) in [5, 5.41) is 9.54. The summed E-state index contributed by atoms with van der Waals surface area (Å²) in [5.74, 6) is -0.222. The zero-order chi connectivity index (χ0) is 10.3. The number of hydrogen-bond acceptors (Lipinski definition) is 3. The van der Waals surface area contributed by atoms with E-state index < -0.39 is 19.6 Å². The third-order valence-corrected chi connectivity index (χ3v) is 5.90. The molecule has 0 amide bonds. The van der Waals surface area contributed by atoms with E-state index in [0.717, 1.165) is 12.8 Å². The summed E-state index contributed by atoms with van der Waals surface area (Å²) in [7, 11) is -3.62. The Labute approximate surface area is 87.9 Å². The zero-order valence-electron chi connectivity index (χ0n) is 7.20. The normalized spacial score (nSPS) is 21.5. The van der Waals surface area contributed by atoms with E-state index in [-0.39, 0.29) is 11.7 Å². The van der Waals surface area contributed by atoms with Crippen LogP contribution in [0, 0.1) is 5.92 Å². The maximum Gasteiger partial charge on any atom is 0.243 e. The first-order chi connectivity index (χ1) is 5.83. The van der Waals surface area contributed by atoms with Crippen molar-refractivity contribution >= 4 is 33.0 Å². The summed E-state index contributed by atoms with van der Waals surface area (Å²) in [4.78, 5) is 0. The van der Waals surface area contributed by atoms with Gasteiger partial charge in [0, 0.05) is 0 Å². The Kier molecular flexibility index (Phi) is 3.18. The van der Waals surface area contributed by atoms with Crippen molar-refractivity contribution in [2.75, 3.05) is 5.75 Å². The molecule has 3 nitrogen and oxygen atoms in total. The van der Waals surface area contributed by atoms with Crippen LogP contribution in [-0.4, -0.2) is 29.0 Å². The third-order valence-electron chi connectivity index (χ3n) is 2.21. The van der Waals surface area contributed by atoms with Crippen molar-refractivity contribution in [2.45, 2.75) is 29.5 Å². The molecular weight excluding hydrogens is 235 g/mol. The van der Waals surface area contributed by atoms with Gasteiger partial charge in [-0.15, -0.1) is 0 Å². The SMILES string of the molecule is CCS(=O)(=O)C(Cl)(Cl)[C@H](O)C1CC1. The van der Waals surface area contributed by atoms with Gasteiger partial charge in [-0.05, 0) is 18.8 Å². The average molecular weight is 247 g/mol. The number of hydrogen-bond donors (Lipinski definition) is 1. The molecule has 0 spiro atoms. The lowest BCUT2D eigenvalue weighted by molar-refractivity contribution is 0.154. The van der Waals surface area contributed by atoms with Crippen LogP contribution in [0.5, 0.6) is 0 Å². The highest BCUT2D eigenvalue weighted by Crippen LogP contribution is 2.44. The standard InChI is InChI=1S/C7H12Cl2O3S/c1-2-13(11,12)7(8,9)6(10)5-3-4-5/h5-6,10H,2-4H2,1H3/t6-/m1/s1. The first-order valence-electron chi connectivity index (χ1n) is 4.11. The molecule has 1 rings (SSSR count). The van der Waals surface area contributed by atoms with Crippen LogP contribution in [-0.2, 0) is 9.84 Å². The van der Waals surface area contributed by atoms with Gasteiger partial charge in [0.05, 0.1) is 5.75 Å². The minimum absolute atomic E-state index is 0.0590. The van der Waals surface area contributed by atoms with Gasteiger partial charge in [-0.1, -0.05) is 30.1 Å². The summed E-state index contributed by atoms with van der Waals surface area (Å²) in [5.41, 5.74) is 0. The largest absolute Gasteiger partial charge is 0.389 e. The summed E-state index contributed by atoms with van der Waals surface area (Å²) in [6.45, 7) is 1.45. The van der Waals surface area contributed by atoms with E-state index >= 15 is 0 Å². The fourth-order valence-corrected chi connectivity index (χ4v) is 3.02. The number of aliphatic hydroxyl groups is 1. The molecular formula is C7H12Cl2O3S. The fraction of sp³-hybridized carbons (Fsp3) is 1.00. The smallest absolute Gasteiger partial charge is 0.243 e. The molecule has 1 aliphatic rings. The molecule has 1 saturated carbocycles. The fourth-order valence-electron chi connectivity index (χ4n) is 1.06. The molecule has 0 aliphatic heterocycles. The molecule has 1 atom stereocenters. The van der Waals surface area contributed by atoms with E-state index in [1.165, 1.54) is 6.92 Å². The molecule has 0 saturated heterocycles. The second-order valence-corrected chi connectivity index (χ2v) is 7.53. The monoisotopic (exact) mass is 246 g/mol. The van der Waals surface area contributed by atoms with Crippen LogP contribution in [0.2, 0.25) is 0 Å². The molecule has 0 unspecified atom stereocenters. The molecule has 6 heteroatoms. The number of rotatable bonds is 4. The Morgan fingerprint density at radius 1 is 1.54 bits per heavy atom. The van der Waals surface area contributed by atoms with Crippen LogP contribution >= 0.6 is 23.2 Å². The van der Waals surface area contributed by atoms with Gasteiger partial charge in [0.15, 0.2) is 9.84 Å². The van der Waals surface area contributed by atoms with Crippen LogP contribution in [0.1, 0.15) is 19.8 Å². The van der Waals surface area contributed by atoms with Crippen LogP contribution in [0.15, 0.2) is 0 Å². The van der Waals surface area contributed by atoms with Crippen LogP contribution in [0.3, 0.4) is 0 Å². The van der Waals surface area contributed by atoms with Crippen molar-refractivity contribution in [3.05, 3.63) is 0 Å². The lowest BCUT2D eigenvalue weighted by Crippen LogP contribution is -2.41. The van der Waals surface area contributed by atoms with Crippen LogP contribution in [0.4, 0.5) is 0 Å².